The minimum atomic E-state index is -3.82. The fourth-order valence-electron chi connectivity index (χ4n) is 2.17. The van der Waals surface area contributed by atoms with Gasteiger partial charge in [-0.3, -0.25) is 4.79 Å². The Bertz CT molecular complexity index is 1110. The molecule has 3 aromatic rings. The summed E-state index contributed by atoms with van der Waals surface area (Å²) in [6.07, 6.45) is -0.746. The predicted octanol–water partition coefficient (Wildman–Crippen LogP) is 1.33. The Hall–Kier alpha value is -2.40. The number of rotatable bonds is 4. The van der Waals surface area contributed by atoms with E-state index in [0.29, 0.717) is 16.1 Å². The Labute approximate surface area is 144 Å². The topological polar surface area (TPSA) is 99.2 Å². The molecule has 0 radical (unpaired) electrons. The summed E-state index contributed by atoms with van der Waals surface area (Å²) in [7, 11) is -3.82. The fourth-order valence-corrected chi connectivity index (χ4v) is 2.76. The van der Waals surface area contributed by atoms with Crippen LogP contribution in [0.3, 0.4) is 0 Å². The third-order valence-electron chi connectivity index (χ3n) is 3.29. The molecule has 0 bridgehead atoms. The van der Waals surface area contributed by atoms with Gasteiger partial charge in [0.1, 0.15) is 5.15 Å². The summed E-state index contributed by atoms with van der Waals surface area (Å²) in [5, 5.41) is 3.20. The zero-order chi connectivity index (χ0) is 18.4. The van der Waals surface area contributed by atoms with Gasteiger partial charge in [0.2, 0.25) is 15.6 Å². The lowest BCUT2D eigenvalue weighted by molar-refractivity contribution is 0.140. The molecule has 25 heavy (non-hydrogen) atoms. The molecule has 0 aromatic carbocycles. The molecule has 8 nitrogen and oxygen atoms in total. The zero-order valence-corrected chi connectivity index (χ0v) is 14.2. The molecule has 0 fully saturated rings. The van der Waals surface area contributed by atoms with Gasteiger partial charge in [0.25, 0.3) is 17.1 Å². The molecule has 0 N–H and O–H groups in total. The monoisotopic (exact) mass is 389 g/mol. The van der Waals surface area contributed by atoms with Crippen molar-refractivity contribution in [1.29, 1.82) is 0 Å². The van der Waals surface area contributed by atoms with Gasteiger partial charge in [0, 0.05) is 18.5 Å². The highest BCUT2D eigenvalue weighted by Crippen LogP contribution is 2.21. The lowest BCUT2D eigenvalue weighted by Crippen LogP contribution is -2.22. The van der Waals surface area contributed by atoms with Crippen LogP contribution in [0.4, 0.5) is 8.78 Å². The summed E-state index contributed by atoms with van der Waals surface area (Å²) in [6, 6.07) is 3.74. The largest absolute Gasteiger partial charge is 0.304 e. The maximum absolute atomic E-state index is 13.4. The number of sulfone groups is 1. The van der Waals surface area contributed by atoms with E-state index in [4.69, 9.17) is 11.6 Å². The van der Waals surface area contributed by atoms with E-state index < -0.39 is 32.7 Å². The number of halogens is 3. The number of aromatic nitrogens is 5. The second-order valence-electron chi connectivity index (χ2n) is 5.16. The van der Waals surface area contributed by atoms with E-state index in [0.717, 1.165) is 10.8 Å². The molecule has 3 rings (SSSR count). The molecule has 0 aliphatic rings. The van der Waals surface area contributed by atoms with Crippen LogP contribution in [-0.4, -0.2) is 38.8 Å². The molecule has 3 heterocycles. The first-order valence-corrected chi connectivity index (χ1v) is 9.03. The summed E-state index contributed by atoms with van der Waals surface area (Å²) in [4.78, 5) is 19.6. The van der Waals surface area contributed by atoms with Gasteiger partial charge in [0.15, 0.2) is 0 Å². The van der Waals surface area contributed by atoms with Gasteiger partial charge in [-0.25, -0.2) is 22.2 Å². The van der Waals surface area contributed by atoms with Crippen LogP contribution in [0.15, 0.2) is 34.3 Å². The second kappa shape index (κ2) is 6.15. The van der Waals surface area contributed by atoms with E-state index in [2.05, 4.69) is 15.1 Å². The van der Waals surface area contributed by atoms with E-state index in [9.17, 15) is 22.0 Å². The van der Waals surface area contributed by atoms with Crippen molar-refractivity contribution < 1.29 is 17.2 Å². The van der Waals surface area contributed by atoms with Crippen molar-refractivity contribution in [2.24, 2.45) is 0 Å². The van der Waals surface area contributed by atoms with Crippen LogP contribution in [0.2, 0.25) is 5.15 Å². The summed E-state index contributed by atoms with van der Waals surface area (Å²) in [5.41, 5.74) is -1.01. The molecule has 0 amide bonds. The zero-order valence-electron chi connectivity index (χ0n) is 12.6. The molecule has 0 aliphatic heterocycles. The highest BCUT2D eigenvalue weighted by atomic mass is 35.5. The van der Waals surface area contributed by atoms with Crippen molar-refractivity contribution in [3.8, 4) is 0 Å². The summed E-state index contributed by atoms with van der Waals surface area (Å²) < 4.78 is 51.7. The second-order valence-corrected chi connectivity index (χ2v) is 7.46. The molecule has 0 unspecified atom stereocenters. The highest BCUT2D eigenvalue weighted by molar-refractivity contribution is 7.90. The van der Waals surface area contributed by atoms with Gasteiger partial charge < -0.3 is 4.57 Å². The van der Waals surface area contributed by atoms with Crippen molar-refractivity contribution in [1.82, 2.24) is 24.1 Å². The number of hydrogen-bond donors (Lipinski definition) is 0. The SMILES string of the molecule is CS(=O)(=O)c1nc2n(Cc3ccc(Cl)nc3)c(C(F)F)cc(=O)n2n1. The van der Waals surface area contributed by atoms with Crippen molar-refractivity contribution in [2.45, 2.75) is 18.1 Å². The van der Waals surface area contributed by atoms with Crippen LogP contribution < -0.4 is 5.56 Å². The van der Waals surface area contributed by atoms with Gasteiger partial charge in [0.05, 0.1) is 12.2 Å². The molecule has 0 saturated carbocycles. The standard InChI is InChI=1S/C13H10ClF2N5O3S/c1-25(23,24)12-18-13-20(6-7-2-3-9(14)17-5-7)8(11(15)16)4-10(22)21(13)19-12/h2-5,11H,6H2,1H3. The van der Waals surface area contributed by atoms with Crippen LogP contribution in [0.25, 0.3) is 5.78 Å². The van der Waals surface area contributed by atoms with E-state index in [-0.39, 0.29) is 17.5 Å². The van der Waals surface area contributed by atoms with E-state index in [1.165, 1.54) is 12.3 Å². The predicted molar refractivity (Wildman–Crippen MR) is 83.7 cm³/mol. The summed E-state index contributed by atoms with van der Waals surface area (Å²) >= 11 is 5.69. The molecule has 3 aromatic heterocycles. The molecular weight excluding hydrogens is 380 g/mol. The Balaban J connectivity index is 2.27. The van der Waals surface area contributed by atoms with E-state index >= 15 is 0 Å². The van der Waals surface area contributed by atoms with Gasteiger partial charge in [-0.1, -0.05) is 17.7 Å². The number of hydrogen-bond acceptors (Lipinski definition) is 6. The van der Waals surface area contributed by atoms with Crippen LogP contribution >= 0.6 is 11.6 Å². The highest BCUT2D eigenvalue weighted by Gasteiger charge is 2.22. The summed E-state index contributed by atoms with van der Waals surface area (Å²) in [5.74, 6) is -0.307. The molecule has 12 heteroatoms. The maximum atomic E-state index is 13.4. The third-order valence-corrected chi connectivity index (χ3v) is 4.35. The number of pyridine rings is 1. The number of alkyl halides is 2. The van der Waals surface area contributed by atoms with Crippen molar-refractivity contribution >= 4 is 27.2 Å². The van der Waals surface area contributed by atoms with Gasteiger partial charge in [-0.15, -0.1) is 5.10 Å². The average Bonchev–Trinajstić information content (AvgIpc) is 2.98. The Morgan fingerprint density at radius 2 is 2.04 bits per heavy atom. The average molecular weight is 390 g/mol. The first-order valence-electron chi connectivity index (χ1n) is 6.76. The van der Waals surface area contributed by atoms with Crippen LogP contribution in [0.5, 0.6) is 0 Å². The Morgan fingerprint density at radius 1 is 1.32 bits per heavy atom. The van der Waals surface area contributed by atoms with Crippen molar-refractivity contribution in [2.75, 3.05) is 6.26 Å². The third kappa shape index (κ3) is 3.37. The lowest BCUT2D eigenvalue weighted by atomic mass is 10.2. The number of nitrogens with zero attached hydrogens (tertiary/aromatic N) is 5. The first kappa shape index (κ1) is 17.4. The summed E-state index contributed by atoms with van der Waals surface area (Å²) in [6.45, 7) is -0.129. The van der Waals surface area contributed by atoms with E-state index in [1.807, 2.05) is 0 Å². The molecule has 0 saturated heterocycles. The molecule has 0 atom stereocenters. The fraction of sp³-hybridized carbons (Fsp3) is 0.231. The van der Waals surface area contributed by atoms with Gasteiger partial charge >= 0.3 is 0 Å². The van der Waals surface area contributed by atoms with Crippen LogP contribution in [0.1, 0.15) is 17.7 Å². The lowest BCUT2D eigenvalue weighted by Gasteiger charge is -2.13. The maximum Gasteiger partial charge on any atom is 0.278 e. The van der Waals surface area contributed by atoms with Crippen molar-refractivity contribution in [3.63, 3.8) is 0 Å². The van der Waals surface area contributed by atoms with Crippen LogP contribution in [-0.2, 0) is 16.4 Å². The smallest absolute Gasteiger partial charge is 0.278 e. The number of fused-ring (bicyclic) bond motifs is 1. The minimum absolute atomic E-state index is 0.129. The molecule has 0 aliphatic carbocycles. The Morgan fingerprint density at radius 3 is 2.60 bits per heavy atom. The minimum Gasteiger partial charge on any atom is -0.304 e. The quantitative estimate of drug-likeness (QED) is 0.624. The first-order chi connectivity index (χ1) is 11.7. The van der Waals surface area contributed by atoms with Crippen LogP contribution in [0, 0.1) is 0 Å². The van der Waals surface area contributed by atoms with E-state index in [1.54, 1.807) is 6.07 Å². The normalized spacial score (nSPS) is 12.2. The molecule has 132 valence electrons. The van der Waals surface area contributed by atoms with Crippen molar-refractivity contribution in [3.05, 3.63) is 51.2 Å². The van der Waals surface area contributed by atoms with Gasteiger partial charge in [-0.05, 0) is 11.6 Å². The Kier molecular flexibility index (Phi) is 4.29. The molecular formula is C13H10ClF2N5O3S. The molecule has 0 spiro atoms. The van der Waals surface area contributed by atoms with Gasteiger partial charge in [-0.2, -0.15) is 9.50 Å².